The van der Waals surface area contributed by atoms with Gasteiger partial charge in [-0.15, -0.1) is 0 Å². The number of hydrogen-bond donors (Lipinski definition) is 3. The number of para-hydroxylation sites is 1. The number of benzene rings is 2. The lowest BCUT2D eigenvalue weighted by Gasteiger charge is -2.14. The van der Waals surface area contributed by atoms with E-state index in [9.17, 15) is 14.4 Å². The highest BCUT2D eigenvalue weighted by atomic mass is 16.2. The minimum atomic E-state index is -0.485. The molecule has 0 bridgehead atoms. The molecule has 4 rings (SSSR count). The molecule has 136 valence electrons. The summed E-state index contributed by atoms with van der Waals surface area (Å²) < 4.78 is 0. The van der Waals surface area contributed by atoms with Crippen molar-refractivity contribution in [3.63, 3.8) is 0 Å². The van der Waals surface area contributed by atoms with Gasteiger partial charge in [0.2, 0.25) is 5.91 Å². The zero-order valence-electron chi connectivity index (χ0n) is 14.5. The first-order chi connectivity index (χ1) is 13.0. The summed E-state index contributed by atoms with van der Waals surface area (Å²) >= 11 is 0. The predicted molar refractivity (Wildman–Crippen MR) is 104 cm³/mol. The topological polar surface area (TPSA) is 108 Å². The Bertz CT molecular complexity index is 1120. The fraction of sp³-hybridized carbons (Fsp3) is 0.150. The van der Waals surface area contributed by atoms with Gasteiger partial charge in [-0.2, -0.15) is 0 Å². The smallest absolute Gasteiger partial charge is 0.319 e. The van der Waals surface area contributed by atoms with Crippen LogP contribution in [0, 0.1) is 0 Å². The van der Waals surface area contributed by atoms with Crippen molar-refractivity contribution < 1.29 is 9.59 Å². The number of aromatic nitrogens is 1. The summed E-state index contributed by atoms with van der Waals surface area (Å²) in [6.45, 7) is 0.536. The third-order valence-electron chi connectivity index (χ3n) is 4.71. The van der Waals surface area contributed by atoms with E-state index in [0.29, 0.717) is 24.2 Å². The van der Waals surface area contributed by atoms with Crippen molar-refractivity contribution in [3.05, 3.63) is 70.0 Å². The second-order valence-electron chi connectivity index (χ2n) is 6.52. The Labute approximate surface area is 154 Å². The Morgan fingerprint density at radius 3 is 2.78 bits per heavy atom. The van der Waals surface area contributed by atoms with Crippen LogP contribution in [0.4, 0.5) is 16.2 Å². The molecule has 0 aliphatic carbocycles. The minimum Gasteiger partial charge on any atom is -0.351 e. The van der Waals surface area contributed by atoms with Crippen LogP contribution in [-0.2, 0) is 17.6 Å². The van der Waals surface area contributed by atoms with Crippen LogP contribution >= 0.6 is 0 Å². The molecular formula is C20H18N4O3. The van der Waals surface area contributed by atoms with E-state index < -0.39 is 6.03 Å². The number of amides is 3. The molecule has 3 aromatic rings. The van der Waals surface area contributed by atoms with E-state index >= 15 is 0 Å². The molecule has 0 atom stereocenters. The molecule has 0 radical (unpaired) electrons. The molecule has 7 nitrogen and oxygen atoms in total. The summed E-state index contributed by atoms with van der Waals surface area (Å²) in [6.07, 6.45) is 0.664. The molecule has 2 heterocycles. The number of fused-ring (bicyclic) bond motifs is 2. The molecular weight excluding hydrogens is 344 g/mol. The Morgan fingerprint density at radius 2 is 1.96 bits per heavy atom. The van der Waals surface area contributed by atoms with Gasteiger partial charge in [-0.3, -0.25) is 14.5 Å². The summed E-state index contributed by atoms with van der Waals surface area (Å²) in [5.41, 5.74) is 8.59. The molecule has 3 amide bonds. The van der Waals surface area contributed by atoms with E-state index in [-0.39, 0.29) is 17.9 Å². The molecule has 0 saturated heterocycles. The lowest BCUT2D eigenvalue weighted by molar-refractivity contribution is -0.115. The number of aromatic amines is 1. The predicted octanol–water partition coefficient (Wildman–Crippen LogP) is 2.15. The van der Waals surface area contributed by atoms with Gasteiger partial charge in [0.1, 0.15) is 0 Å². The number of H-pyrrole nitrogens is 1. The second kappa shape index (κ2) is 6.60. The van der Waals surface area contributed by atoms with Crippen molar-refractivity contribution >= 4 is 34.2 Å². The van der Waals surface area contributed by atoms with Crippen LogP contribution in [0.25, 0.3) is 10.9 Å². The normalized spacial score (nSPS) is 12.8. The van der Waals surface area contributed by atoms with Gasteiger partial charge in [0.25, 0.3) is 5.56 Å². The fourth-order valence-corrected chi connectivity index (χ4v) is 3.41. The molecule has 4 N–H and O–H groups in total. The van der Waals surface area contributed by atoms with Crippen molar-refractivity contribution in [2.75, 3.05) is 16.8 Å². The molecule has 1 aliphatic rings. The number of carbonyl (C=O) groups is 2. The molecule has 7 heteroatoms. The van der Waals surface area contributed by atoms with E-state index in [0.717, 1.165) is 22.2 Å². The van der Waals surface area contributed by atoms with Crippen LogP contribution in [0.15, 0.2) is 53.3 Å². The second-order valence-corrected chi connectivity index (χ2v) is 6.52. The highest BCUT2D eigenvalue weighted by molar-refractivity contribution is 5.96. The van der Waals surface area contributed by atoms with Gasteiger partial charge in [-0.25, -0.2) is 4.79 Å². The largest absolute Gasteiger partial charge is 0.351 e. The third kappa shape index (κ3) is 3.27. The van der Waals surface area contributed by atoms with Crippen molar-refractivity contribution in [2.24, 2.45) is 5.73 Å². The number of nitrogens with two attached hydrogens (primary N) is 1. The van der Waals surface area contributed by atoms with Crippen molar-refractivity contribution in [1.29, 1.82) is 0 Å². The van der Waals surface area contributed by atoms with Crippen LogP contribution in [0.1, 0.15) is 11.1 Å². The van der Waals surface area contributed by atoms with Crippen LogP contribution in [0.2, 0.25) is 0 Å². The molecule has 0 spiro atoms. The summed E-state index contributed by atoms with van der Waals surface area (Å²) in [5.74, 6) is -0.277. The van der Waals surface area contributed by atoms with E-state index in [1.807, 2.05) is 30.3 Å². The van der Waals surface area contributed by atoms with E-state index in [1.165, 1.54) is 4.90 Å². The maximum atomic E-state index is 12.4. The van der Waals surface area contributed by atoms with E-state index in [1.54, 1.807) is 18.2 Å². The van der Waals surface area contributed by atoms with Gasteiger partial charge >= 0.3 is 6.03 Å². The molecule has 1 aliphatic heterocycles. The number of pyridine rings is 1. The molecule has 1 aromatic heterocycles. The van der Waals surface area contributed by atoms with Crippen LogP contribution < -0.4 is 21.5 Å². The summed E-state index contributed by atoms with van der Waals surface area (Å²) in [4.78, 5) is 40.3. The maximum Gasteiger partial charge on any atom is 0.319 e. The zero-order valence-corrected chi connectivity index (χ0v) is 14.5. The van der Waals surface area contributed by atoms with Crippen LogP contribution in [-0.4, -0.2) is 23.5 Å². The number of urea groups is 1. The van der Waals surface area contributed by atoms with Gasteiger partial charge in [0, 0.05) is 29.0 Å². The maximum absolute atomic E-state index is 12.4. The van der Waals surface area contributed by atoms with Gasteiger partial charge < -0.3 is 16.0 Å². The summed E-state index contributed by atoms with van der Waals surface area (Å²) in [5, 5.41) is 3.69. The Kier molecular flexibility index (Phi) is 4.12. The first kappa shape index (κ1) is 16.8. The van der Waals surface area contributed by atoms with Crippen molar-refractivity contribution in [3.8, 4) is 0 Å². The molecule has 0 saturated carbocycles. The molecule has 27 heavy (non-hydrogen) atoms. The number of nitrogens with zero attached hydrogens (tertiary/aromatic N) is 1. The van der Waals surface area contributed by atoms with E-state index in [2.05, 4.69) is 10.3 Å². The lowest BCUT2D eigenvalue weighted by Crippen LogP contribution is -2.33. The first-order valence-corrected chi connectivity index (χ1v) is 8.62. The highest BCUT2D eigenvalue weighted by Crippen LogP contribution is 2.30. The molecule has 0 fully saturated rings. The Hall–Kier alpha value is -3.61. The number of anilines is 2. The molecule has 2 aromatic carbocycles. The number of hydrogen-bond acceptors (Lipinski definition) is 3. The summed E-state index contributed by atoms with van der Waals surface area (Å²) in [7, 11) is 0. The fourth-order valence-electron chi connectivity index (χ4n) is 3.41. The lowest BCUT2D eigenvalue weighted by atomic mass is 10.1. The van der Waals surface area contributed by atoms with Crippen LogP contribution in [0.3, 0.4) is 0 Å². The number of rotatable bonds is 3. The number of carbonyl (C=O) groups excluding carboxylic acids is 2. The zero-order chi connectivity index (χ0) is 19.0. The monoisotopic (exact) mass is 362 g/mol. The Morgan fingerprint density at radius 1 is 1.15 bits per heavy atom. The van der Waals surface area contributed by atoms with Gasteiger partial charge in [0.15, 0.2) is 0 Å². The highest BCUT2D eigenvalue weighted by Gasteiger charge is 2.23. The quantitative estimate of drug-likeness (QED) is 0.664. The SMILES string of the molecule is NC(=O)N1CCc2cc(NC(=O)Cc3cc4ccccc4[nH]c3=O)ccc21. The minimum absolute atomic E-state index is 0.0232. The van der Waals surface area contributed by atoms with Gasteiger partial charge in [-0.05, 0) is 47.7 Å². The van der Waals surface area contributed by atoms with Crippen molar-refractivity contribution in [2.45, 2.75) is 12.8 Å². The van der Waals surface area contributed by atoms with Crippen LogP contribution in [0.5, 0.6) is 0 Å². The third-order valence-corrected chi connectivity index (χ3v) is 4.71. The average Bonchev–Trinajstić information content (AvgIpc) is 3.05. The summed E-state index contributed by atoms with van der Waals surface area (Å²) in [6, 6.07) is 14.0. The first-order valence-electron chi connectivity index (χ1n) is 8.62. The number of primary amides is 1. The van der Waals surface area contributed by atoms with Gasteiger partial charge in [0.05, 0.1) is 6.42 Å². The standard InChI is InChI=1S/C20H18N4O3/c21-20(27)24-8-7-13-10-15(5-6-17(13)24)22-18(25)11-14-9-12-3-1-2-4-16(12)23-19(14)26/h1-6,9-10H,7-8,11H2,(H2,21,27)(H,22,25)(H,23,26). The molecule has 0 unspecified atom stereocenters. The Balaban J connectivity index is 1.51. The van der Waals surface area contributed by atoms with Crippen molar-refractivity contribution in [1.82, 2.24) is 4.98 Å². The van der Waals surface area contributed by atoms with Gasteiger partial charge in [-0.1, -0.05) is 18.2 Å². The average molecular weight is 362 g/mol. The van der Waals surface area contributed by atoms with E-state index in [4.69, 9.17) is 5.73 Å². The number of nitrogens with one attached hydrogen (secondary N) is 2.